The fourth-order valence-corrected chi connectivity index (χ4v) is 3.72. The fraction of sp³-hybridized carbons (Fsp3) is 0.250. The van der Waals surface area contributed by atoms with Crippen molar-refractivity contribution in [2.45, 2.75) is 24.9 Å². The van der Waals surface area contributed by atoms with Gasteiger partial charge in [0.2, 0.25) is 0 Å². The van der Waals surface area contributed by atoms with Gasteiger partial charge in [0, 0.05) is 24.3 Å². The van der Waals surface area contributed by atoms with E-state index in [9.17, 15) is 19.7 Å². The number of ether oxygens (including phenoxy) is 1. The molecule has 0 aliphatic heterocycles. The Hall–Kier alpha value is -3.20. The van der Waals surface area contributed by atoms with Crippen LogP contribution in [0.1, 0.15) is 19.8 Å². The maximum atomic E-state index is 13.1. The summed E-state index contributed by atoms with van der Waals surface area (Å²) in [4.78, 5) is 39.6. The van der Waals surface area contributed by atoms with E-state index in [4.69, 9.17) is 4.74 Å². The number of fused-ring (bicyclic) bond motifs is 1. The van der Waals surface area contributed by atoms with E-state index in [2.05, 4.69) is 4.98 Å². The normalized spacial score (nSPS) is 10.8. The Bertz CT molecular complexity index is 1100. The molecule has 2 aromatic carbocycles. The SMILES string of the molecule is CCOC(=O)CCCSc1nc2ccccc2c(=O)n1-c1ccc([N+](=O)[O-])cc1. The molecule has 0 atom stereocenters. The number of nitro groups is 1. The van der Waals surface area contributed by atoms with Crippen LogP contribution in [0, 0.1) is 10.1 Å². The molecule has 0 saturated carbocycles. The van der Waals surface area contributed by atoms with Gasteiger partial charge in [-0.05, 0) is 37.6 Å². The summed E-state index contributed by atoms with van der Waals surface area (Å²) in [7, 11) is 0. The molecule has 3 aromatic rings. The quantitative estimate of drug-likeness (QED) is 0.138. The van der Waals surface area contributed by atoms with Crippen molar-refractivity contribution in [1.82, 2.24) is 9.55 Å². The number of thioether (sulfide) groups is 1. The van der Waals surface area contributed by atoms with E-state index >= 15 is 0 Å². The summed E-state index contributed by atoms with van der Waals surface area (Å²) in [5.74, 6) is 0.309. The van der Waals surface area contributed by atoms with Crippen LogP contribution in [-0.4, -0.2) is 32.8 Å². The summed E-state index contributed by atoms with van der Waals surface area (Å²) in [6.45, 7) is 2.10. The minimum Gasteiger partial charge on any atom is -0.466 e. The maximum absolute atomic E-state index is 13.1. The molecule has 0 unspecified atom stereocenters. The monoisotopic (exact) mass is 413 g/mol. The van der Waals surface area contributed by atoms with Gasteiger partial charge in [0.15, 0.2) is 5.16 Å². The molecular formula is C20H19N3O5S. The molecule has 8 nitrogen and oxygen atoms in total. The van der Waals surface area contributed by atoms with Crippen LogP contribution in [0.3, 0.4) is 0 Å². The van der Waals surface area contributed by atoms with Gasteiger partial charge in [-0.15, -0.1) is 0 Å². The summed E-state index contributed by atoms with van der Waals surface area (Å²) >= 11 is 1.35. The molecule has 0 bridgehead atoms. The highest BCUT2D eigenvalue weighted by molar-refractivity contribution is 7.99. The highest BCUT2D eigenvalue weighted by atomic mass is 32.2. The molecule has 0 fully saturated rings. The number of hydrogen-bond donors (Lipinski definition) is 0. The zero-order valence-electron chi connectivity index (χ0n) is 15.7. The first-order valence-electron chi connectivity index (χ1n) is 9.06. The van der Waals surface area contributed by atoms with Gasteiger partial charge >= 0.3 is 5.97 Å². The van der Waals surface area contributed by atoms with Crippen LogP contribution < -0.4 is 5.56 Å². The summed E-state index contributed by atoms with van der Waals surface area (Å²) in [6.07, 6.45) is 0.864. The Labute approximate surface area is 170 Å². The molecular weight excluding hydrogens is 394 g/mol. The lowest BCUT2D eigenvalue weighted by Gasteiger charge is -2.13. The van der Waals surface area contributed by atoms with Gasteiger partial charge < -0.3 is 4.74 Å². The predicted molar refractivity (Wildman–Crippen MR) is 111 cm³/mol. The van der Waals surface area contributed by atoms with Crippen LogP contribution in [0.25, 0.3) is 16.6 Å². The third-order valence-electron chi connectivity index (χ3n) is 4.13. The van der Waals surface area contributed by atoms with Crippen molar-refractivity contribution in [3.8, 4) is 5.69 Å². The number of para-hydroxylation sites is 1. The van der Waals surface area contributed by atoms with Crippen molar-refractivity contribution in [2.75, 3.05) is 12.4 Å². The molecule has 1 aromatic heterocycles. The molecule has 9 heteroatoms. The van der Waals surface area contributed by atoms with Crippen molar-refractivity contribution in [2.24, 2.45) is 0 Å². The molecule has 0 radical (unpaired) electrons. The van der Waals surface area contributed by atoms with E-state index in [0.717, 1.165) is 0 Å². The molecule has 29 heavy (non-hydrogen) atoms. The minimum absolute atomic E-state index is 0.0563. The van der Waals surface area contributed by atoms with Gasteiger partial charge in [0.25, 0.3) is 11.2 Å². The van der Waals surface area contributed by atoms with Crippen LogP contribution in [0.4, 0.5) is 5.69 Å². The average Bonchev–Trinajstić information content (AvgIpc) is 2.72. The largest absolute Gasteiger partial charge is 0.466 e. The van der Waals surface area contributed by atoms with E-state index in [1.165, 1.54) is 40.6 Å². The van der Waals surface area contributed by atoms with Crippen LogP contribution in [0.15, 0.2) is 58.5 Å². The Morgan fingerprint density at radius 3 is 2.62 bits per heavy atom. The smallest absolute Gasteiger partial charge is 0.305 e. The van der Waals surface area contributed by atoms with E-state index in [-0.39, 0.29) is 23.6 Å². The Balaban J connectivity index is 1.94. The number of hydrogen-bond acceptors (Lipinski definition) is 7. The number of esters is 1. The highest BCUT2D eigenvalue weighted by Crippen LogP contribution is 2.23. The molecule has 0 spiro atoms. The van der Waals surface area contributed by atoms with Crippen LogP contribution in [0.2, 0.25) is 0 Å². The summed E-state index contributed by atoms with van der Waals surface area (Å²) in [5.41, 5.74) is 0.756. The molecule has 0 N–H and O–H groups in total. The van der Waals surface area contributed by atoms with Crippen LogP contribution >= 0.6 is 11.8 Å². The second kappa shape index (κ2) is 9.33. The second-order valence-electron chi connectivity index (χ2n) is 6.08. The molecule has 0 saturated heterocycles. The predicted octanol–water partition coefficient (Wildman–Crippen LogP) is 3.73. The summed E-state index contributed by atoms with van der Waals surface area (Å²) in [5, 5.41) is 11.8. The number of benzene rings is 2. The number of carbonyl (C=O) groups excluding carboxylic acids is 1. The second-order valence-corrected chi connectivity index (χ2v) is 7.14. The van der Waals surface area contributed by atoms with Gasteiger partial charge in [-0.25, -0.2) is 4.98 Å². The lowest BCUT2D eigenvalue weighted by Crippen LogP contribution is -2.21. The van der Waals surface area contributed by atoms with Crippen LogP contribution in [-0.2, 0) is 9.53 Å². The van der Waals surface area contributed by atoms with Crippen molar-refractivity contribution < 1.29 is 14.5 Å². The number of carbonyl (C=O) groups is 1. The van der Waals surface area contributed by atoms with E-state index in [1.807, 2.05) is 0 Å². The third kappa shape index (κ3) is 4.80. The number of aromatic nitrogens is 2. The lowest BCUT2D eigenvalue weighted by atomic mass is 10.2. The van der Waals surface area contributed by atoms with Crippen molar-refractivity contribution in [3.63, 3.8) is 0 Å². The number of nitrogens with zero attached hydrogens (tertiary/aromatic N) is 3. The van der Waals surface area contributed by atoms with Gasteiger partial charge in [-0.1, -0.05) is 23.9 Å². The summed E-state index contributed by atoms with van der Waals surface area (Å²) < 4.78 is 6.37. The Kier molecular flexibility index (Phi) is 6.61. The fourth-order valence-electron chi connectivity index (χ4n) is 2.77. The first-order chi connectivity index (χ1) is 14.0. The van der Waals surface area contributed by atoms with Gasteiger partial charge in [0.05, 0.1) is 28.1 Å². The maximum Gasteiger partial charge on any atom is 0.305 e. The standard InChI is InChI=1S/C20H19N3O5S/c1-2-28-18(24)8-5-13-29-20-21-17-7-4-3-6-16(17)19(25)22(20)14-9-11-15(12-10-14)23(26)27/h3-4,6-7,9-12H,2,5,8,13H2,1H3. The highest BCUT2D eigenvalue weighted by Gasteiger charge is 2.15. The Morgan fingerprint density at radius 2 is 1.93 bits per heavy atom. The molecule has 0 aliphatic rings. The van der Waals surface area contributed by atoms with Crippen LogP contribution in [0.5, 0.6) is 0 Å². The molecule has 3 rings (SSSR count). The lowest BCUT2D eigenvalue weighted by molar-refractivity contribution is -0.384. The minimum atomic E-state index is -0.490. The van der Waals surface area contributed by atoms with Gasteiger partial charge in [0.1, 0.15) is 0 Å². The zero-order chi connectivity index (χ0) is 20.8. The van der Waals surface area contributed by atoms with E-state index in [0.29, 0.717) is 40.5 Å². The van der Waals surface area contributed by atoms with E-state index < -0.39 is 4.92 Å². The number of non-ortho nitro benzene ring substituents is 1. The average molecular weight is 413 g/mol. The number of nitro benzene ring substituents is 1. The first-order valence-corrected chi connectivity index (χ1v) is 10.0. The van der Waals surface area contributed by atoms with Crippen molar-refractivity contribution in [1.29, 1.82) is 0 Å². The molecule has 1 heterocycles. The van der Waals surface area contributed by atoms with E-state index in [1.54, 1.807) is 31.2 Å². The van der Waals surface area contributed by atoms with Crippen molar-refractivity contribution >= 4 is 34.3 Å². The van der Waals surface area contributed by atoms with Gasteiger partial charge in [-0.3, -0.25) is 24.3 Å². The zero-order valence-corrected chi connectivity index (χ0v) is 16.6. The first kappa shape index (κ1) is 20.5. The third-order valence-corrected chi connectivity index (χ3v) is 5.15. The van der Waals surface area contributed by atoms with Crippen molar-refractivity contribution in [3.05, 3.63) is 69.0 Å². The Morgan fingerprint density at radius 1 is 1.21 bits per heavy atom. The summed E-state index contributed by atoms with van der Waals surface area (Å²) in [6, 6.07) is 12.8. The molecule has 0 amide bonds. The molecule has 0 aliphatic carbocycles. The topological polar surface area (TPSA) is 104 Å². The number of rotatable bonds is 8. The molecule has 150 valence electrons. The van der Waals surface area contributed by atoms with Gasteiger partial charge in [-0.2, -0.15) is 0 Å².